The Balaban J connectivity index is 1.56. The van der Waals surface area contributed by atoms with E-state index >= 15 is 0 Å². The molecule has 3 nitrogen and oxygen atoms in total. The van der Waals surface area contributed by atoms with Gasteiger partial charge in [0.25, 0.3) is 0 Å². The Labute approximate surface area is 128 Å². The van der Waals surface area contributed by atoms with E-state index in [0.29, 0.717) is 18.2 Å². The Kier molecular flexibility index (Phi) is 4.94. The van der Waals surface area contributed by atoms with Crippen LogP contribution in [0.3, 0.4) is 0 Å². The Hall–Kier alpha value is -0.900. The molecule has 0 spiro atoms. The van der Waals surface area contributed by atoms with Crippen LogP contribution in [0, 0.1) is 0 Å². The minimum absolute atomic E-state index is 0.329. The van der Waals surface area contributed by atoms with Gasteiger partial charge in [0.05, 0.1) is 12.7 Å². The predicted octanol–water partition coefficient (Wildman–Crippen LogP) is 2.76. The third kappa shape index (κ3) is 3.65. The largest absolute Gasteiger partial charge is 0.374 e. The summed E-state index contributed by atoms with van der Waals surface area (Å²) in [6, 6.07) is 10.0. The topological polar surface area (TPSA) is 24.5 Å². The molecule has 2 atom stereocenters. The zero-order valence-corrected chi connectivity index (χ0v) is 13.3. The number of benzene rings is 1. The highest BCUT2D eigenvalue weighted by Gasteiger charge is 2.24. The highest BCUT2D eigenvalue weighted by atomic mass is 16.5. The van der Waals surface area contributed by atoms with E-state index in [0.717, 1.165) is 26.2 Å². The fourth-order valence-electron chi connectivity index (χ4n) is 3.57. The van der Waals surface area contributed by atoms with Crippen molar-refractivity contribution in [3.05, 3.63) is 35.4 Å². The lowest BCUT2D eigenvalue weighted by Gasteiger charge is -2.36. The van der Waals surface area contributed by atoms with Crippen LogP contribution in [0.25, 0.3) is 0 Å². The minimum atomic E-state index is 0.329. The summed E-state index contributed by atoms with van der Waals surface area (Å²) in [5.41, 5.74) is 3.02. The highest BCUT2D eigenvalue weighted by molar-refractivity contribution is 5.32. The van der Waals surface area contributed by atoms with Crippen LogP contribution in [0.5, 0.6) is 0 Å². The molecule has 0 bridgehead atoms. The molecule has 0 saturated carbocycles. The first-order valence-electron chi connectivity index (χ1n) is 8.41. The van der Waals surface area contributed by atoms with Crippen molar-refractivity contribution in [2.45, 2.75) is 51.3 Å². The second-order valence-corrected chi connectivity index (χ2v) is 6.63. The van der Waals surface area contributed by atoms with Crippen molar-refractivity contribution in [3.8, 4) is 0 Å². The van der Waals surface area contributed by atoms with E-state index in [-0.39, 0.29) is 0 Å². The Morgan fingerprint density at radius 3 is 3.05 bits per heavy atom. The lowest BCUT2D eigenvalue weighted by atomic mass is 9.87. The van der Waals surface area contributed by atoms with Gasteiger partial charge in [-0.3, -0.25) is 4.90 Å². The van der Waals surface area contributed by atoms with E-state index in [1.807, 2.05) is 0 Å². The second-order valence-electron chi connectivity index (χ2n) is 6.63. The van der Waals surface area contributed by atoms with Crippen LogP contribution in [0.15, 0.2) is 24.3 Å². The molecule has 0 radical (unpaired) electrons. The molecule has 2 aliphatic rings. The van der Waals surface area contributed by atoms with E-state index in [9.17, 15) is 0 Å². The van der Waals surface area contributed by atoms with Crippen molar-refractivity contribution < 1.29 is 4.74 Å². The number of hydrogen-bond donors (Lipinski definition) is 1. The molecule has 2 unspecified atom stereocenters. The summed E-state index contributed by atoms with van der Waals surface area (Å²) in [7, 11) is 0. The monoisotopic (exact) mass is 288 g/mol. The molecule has 3 heteroatoms. The molecule has 1 aromatic carbocycles. The fraction of sp³-hybridized carbons (Fsp3) is 0.667. The van der Waals surface area contributed by atoms with Crippen LogP contribution in [0.1, 0.15) is 43.9 Å². The number of morpholine rings is 1. The Morgan fingerprint density at radius 1 is 1.33 bits per heavy atom. The molecule has 1 fully saturated rings. The summed E-state index contributed by atoms with van der Waals surface area (Å²) in [6.45, 7) is 8.49. The number of hydrogen-bond acceptors (Lipinski definition) is 3. The normalized spacial score (nSPS) is 26.8. The minimum Gasteiger partial charge on any atom is -0.374 e. The van der Waals surface area contributed by atoms with Crippen LogP contribution in [-0.2, 0) is 11.2 Å². The van der Waals surface area contributed by atoms with Gasteiger partial charge in [0, 0.05) is 31.7 Å². The highest BCUT2D eigenvalue weighted by Crippen LogP contribution is 2.29. The smallest absolute Gasteiger partial charge is 0.0827 e. The molecule has 1 aliphatic heterocycles. The molecule has 1 N–H and O–H groups in total. The van der Waals surface area contributed by atoms with Gasteiger partial charge in [-0.15, -0.1) is 0 Å². The maximum absolute atomic E-state index is 5.93. The molecule has 1 heterocycles. The first-order valence-corrected chi connectivity index (χ1v) is 8.41. The first-order chi connectivity index (χ1) is 10.2. The van der Waals surface area contributed by atoms with Crippen molar-refractivity contribution in [1.29, 1.82) is 0 Å². The van der Waals surface area contributed by atoms with E-state index in [4.69, 9.17) is 4.74 Å². The van der Waals surface area contributed by atoms with E-state index in [2.05, 4.69) is 48.3 Å². The Morgan fingerprint density at radius 2 is 2.19 bits per heavy atom. The molecule has 3 rings (SSSR count). The predicted molar refractivity (Wildman–Crippen MR) is 86.6 cm³/mol. The number of nitrogens with zero attached hydrogens (tertiary/aromatic N) is 1. The molecule has 0 aromatic heterocycles. The molecule has 21 heavy (non-hydrogen) atoms. The molecule has 1 aromatic rings. The number of rotatable bonds is 4. The average molecular weight is 288 g/mol. The summed E-state index contributed by atoms with van der Waals surface area (Å²) >= 11 is 0. The summed E-state index contributed by atoms with van der Waals surface area (Å²) in [4.78, 5) is 2.52. The fourth-order valence-corrected chi connectivity index (χ4v) is 3.57. The van der Waals surface area contributed by atoms with Crippen molar-refractivity contribution in [2.24, 2.45) is 0 Å². The maximum atomic E-state index is 5.93. The van der Waals surface area contributed by atoms with E-state index in [1.54, 1.807) is 0 Å². The van der Waals surface area contributed by atoms with Crippen molar-refractivity contribution in [1.82, 2.24) is 10.2 Å². The molecule has 1 aliphatic carbocycles. The van der Waals surface area contributed by atoms with Gasteiger partial charge >= 0.3 is 0 Å². The number of aryl methyl sites for hydroxylation is 1. The van der Waals surface area contributed by atoms with Crippen molar-refractivity contribution in [2.75, 3.05) is 26.2 Å². The summed E-state index contributed by atoms with van der Waals surface area (Å²) < 4.78 is 5.93. The third-order valence-corrected chi connectivity index (χ3v) is 4.86. The Bertz CT molecular complexity index is 460. The molecular weight excluding hydrogens is 260 g/mol. The second kappa shape index (κ2) is 6.91. The van der Waals surface area contributed by atoms with Gasteiger partial charge in [0.1, 0.15) is 0 Å². The van der Waals surface area contributed by atoms with Gasteiger partial charge in [-0.05, 0) is 44.2 Å². The average Bonchev–Trinajstić information content (AvgIpc) is 2.53. The lowest BCUT2D eigenvalue weighted by Crippen LogP contribution is -2.49. The van der Waals surface area contributed by atoms with Gasteiger partial charge in [-0.25, -0.2) is 0 Å². The molecular formula is C18H28N2O. The number of ether oxygens (including phenoxy) is 1. The standard InChI is InChI=1S/C18H28N2O/c1-14(2)20-10-11-21-16(13-20)12-19-18-9-5-7-15-6-3-4-8-17(15)18/h3-4,6,8,14,16,18-19H,5,7,9-13H2,1-2H3. The van der Waals surface area contributed by atoms with Crippen molar-refractivity contribution in [3.63, 3.8) is 0 Å². The van der Waals surface area contributed by atoms with Crippen LogP contribution < -0.4 is 5.32 Å². The van der Waals surface area contributed by atoms with Crippen LogP contribution in [0.4, 0.5) is 0 Å². The van der Waals surface area contributed by atoms with Crippen LogP contribution >= 0.6 is 0 Å². The van der Waals surface area contributed by atoms with Gasteiger partial charge in [-0.1, -0.05) is 24.3 Å². The summed E-state index contributed by atoms with van der Waals surface area (Å²) in [5.74, 6) is 0. The third-order valence-electron chi connectivity index (χ3n) is 4.86. The number of fused-ring (bicyclic) bond motifs is 1. The first kappa shape index (κ1) is 15.0. The zero-order chi connectivity index (χ0) is 14.7. The van der Waals surface area contributed by atoms with Gasteiger partial charge in [-0.2, -0.15) is 0 Å². The lowest BCUT2D eigenvalue weighted by molar-refractivity contribution is -0.0383. The van der Waals surface area contributed by atoms with Gasteiger partial charge < -0.3 is 10.1 Å². The summed E-state index contributed by atoms with van der Waals surface area (Å²) in [6.07, 6.45) is 4.10. The summed E-state index contributed by atoms with van der Waals surface area (Å²) in [5, 5.41) is 3.76. The van der Waals surface area contributed by atoms with Crippen LogP contribution in [0.2, 0.25) is 0 Å². The van der Waals surface area contributed by atoms with Gasteiger partial charge in [0.15, 0.2) is 0 Å². The van der Waals surface area contributed by atoms with Crippen LogP contribution in [-0.4, -0.2) is 43.3 Å². The quantitative estimate of drug-likeness (QED) is 0.922. The van der Waals surface area contributed by atoms with Crippen molar-refractivity contribution >= 4 is 0 Å². The molecule has 116 valence electrons. The van der Waals surface area contributed by atoms with E-state index < -0.39 is 0 Å². The van der Waals surface area contributed by atoms with Gasteiger partial charge in [0.2, 0.25) is 0 Å². The zero-order valence-electron chi connectivity index (χ0n) is 13.3. The van der Waals surface area contributed by atoms with E-state index in [1.165, 1.54) is 30.4 Å². The SMILES string of the molecule is CC(C)N1CCOC(CNC2CCCc3ccccc32)C1. The maximum Gasteiger partial charge on any atom is 0.0827 e. The molecule has 0 amide bonds. The molecule has 1 saturated heterocycles. The number of nitrogens with one attached hydrogen (secondary N) is 1.